The average molecular weight is 346 g/mol. The smallest absolute Gasteiger partial charge is 0.103 e. The molecule has 0 amide bonds. The molecule has 4 N–H and O–H groups in total. The Morgan fingerprint density at radius 2 is 1.00 bits per heavy atom. The number of rotatable bonds is 10. The Labute approximate surface area is 148 Å². The van der Waals surface area contributed by atoms with Crippen LogP contribution in [0.2, 0.25) is 0 Å². The first kappa shape index (κ1) is 19.6. The molecule has 2 aromatic rings. The SMILES string of the molecule is OCC(O)C(Cc1ccccc1)OC(Cc1ccccc1)C(O)CO. The molecule has 136 valence electrons. The van der Waals surface area contributed by atoms with Crippen LogP contribution in [0.15, 0.2) is 60.7 Å². The van der Waals surface area contributed by atoms with Crippen molar-refractivity contribution in [2.24, 2.45) is 0 Å². The Morgan fingerprint density at radius 3 is 1.32 bits per heavy atom. The lowest BCUT2D eigenvalue weighted by Crippen LogP contribution is -2.43. The van der Waals surface area contributed by atoms with Crippen molar-refractivity contribution in [3.8, 4) is 0 Å². The van der Waals surface area contributed by atoms with Gasteiger partial charge in [-0.25, -0.2) is 0 Å². The molecule has 0 aliphatic carbocycles. The average Bonchev–Trinajstić information content (AvgIpc) is 2.67. The predicted octanol–water partition coefficient (Wildman–Crippen LogP) is 0.932. The maximum atomic E-state index is 10.1. The summed E-state index contributed by atoms with van der Waals surface area (Å²) in [5, 5.41) is 38.9. The van der Waals surface area contributed by atoms with Crippen molar-refractivity contribution in [2.45, 2.75) is 37.3 Å². The fourth-order valence-electron chi connectivity index (χ4n) is 2.70. The van der Waals surface area contributed by atoms with Crippen LogP contribution in [0.5, 0.6) is 0 Å². The summed E-state index contributed by atoms with van der Waals surface area (Å²) in [6, 6.07) is 19.0. The lowest BCUT2D eigenvalue weighted by atomic mass is 10.0. The Kier molecular flexibility index (Phi) is 8.04. The maximum absolute atomic E-state index is 10.1. The summed E-state index contributed by atoms with van der Waals surface area (Å²) >= 11 is 0. The van der Waals surface area contributed by atoms with Gasteiger partial charge in [0, 0.05) is 12.8 Å². The molecule has 0 fully saturated rings. The Bertz CT molecular complexity index is 536. The van der Waals surface area contributed by atoms with Gasteiger partial charge in [0.05, 0.1) is 25.4 Å². The highest BCUT2D eigenvalue weighted by Gasteiger charge is 2.28. The van der Waals surface area contributed by atoms with Crippen molar-refractivity contribution in [1.82, 2.24) is 0 Å². The third kappa shape index (κ3) is 6.23. The Morgan fingerprint density at radius 1 is 0.640 bits per heavy atom. The second-order valence-electron chi connectivity index (χ2n) is 6.09. The fraction of sp³-hybridized carbons (Fsp3) is 0.400. The third-order valence-corrected chi connectivity index (χ3v) is 4.14. The topological polar surface area (TPSA) is 90.2 Å². The molecule has 0 spiro atoms. The molecule has 2 aromatic carbocycles. The second kappa shape index (κ2) is 10.3. The quantitative estimate of drug-likeness (QED) is 0.514. The van der Waals surface area contributed by atoms with E-state index in [-0.39, 0.29) is 0 Å². The first-order valence-electron chi connectivity index (χ1n) is 8.45. The molecule has 0 aliphatic rings. The van der Waals surface area contributed by atoms with E-state index < -0.39 is 37.6 Å². The number of aliphatic hydroxyl groups is 4. The zero-order chi connectivity index (χ0) is 18.1. The van der Waals surface area contributed by atoms with Crippen LogP contribution in [0.4, 0.5) is 0 Å². The van der Waals surface area contributed by atoms with Crippen molar-refractivity contribution in [3.05, 3.63) is 71.8 Å². The van der Waals surface area contributed by atoms with Crippen molar-refractivity contribution in [1.29, 1.82) is 0 Å². The van der Waals surface area contributed by atoms with Gasteiger partial charge in [-0.1, -0.05) is 60.7 Å². The number of benzene rings is 2. The van der Waals surface area contributed by atoms with Crippen molar-refractivity contribution < 1.29 is 25.2 Å². The molecule has 4 atom stereocenters. The van der Waals surface area contributed by atoms with Crippen LogP contribution >= 0.6 is 0 Å². The van der Waals surface area contributed by atoms with Crippen LogP contribution in [0, 0.1) is 0 Å². The van der Waals surface area contributed by atoms with Crippen LogP contribution in [-0.4, -0.2) is 58.1 Å². The summed E-state index contributed by atoms with van der Waals surface area (Å²) in [5.74, 6) is 0. The minimum Gasteiger partial charge on any atom is -0.394 e. The summed E-state index contributed by atoms with van der Waals surface area (Å²) in [5.41, 5.74) is 1.91. The van der Waals surface area contributed by atoms with Crippen molar-refractivity contribution >= 4 is 0 Å². The van der Waals surface area contributed by atoms with Gasteiger partial charge < -0.3 is 25.2 Å². The van der Waals surface area contributed by atoms with E-state index in [0.29, 0.717) is 12.8 Å². The number of hydrogen-bond donors (Lipinski definition) is 4. The Hall–Kier alpha value is -1.76. The highest BCUT2D eigenvalue weighted by molar-refractivity contribution is 5.17. The first-order chi connectivity index (χ1) is 12.1. The van der Waals surface area contributed by atoms with Gasteiger partial charge in [0.2, 0.25) is 0 Å². The van der Waals surface area contributed by atoms with E-state index >= 15 is 0 Å². The maximum Gasteiger partial charge on any atom is 0.103 e. The largest absolute Gasteiger partial charge is 0.394 e. The zero-order valence-electron chi connectivity index (χ0n) is 14.1. The second-order valence-corrected chi connectivity index (χ2v) is 6.09. The minimum absolute atomic E-state index is 0.395. The fourth-order valence-corrected chi connectivity index (χ4v) is 2.70. The van der Waals surface area contributed by atoms with Crippen LogP contribution in [-0.2, 0) is 17.6 Å². The lowest BCUT2D eigenvalue weighted by Gasteiger charge is -2.30. The molecule has 0 saturated heterocycles. The van der Waals surface area contributed by atoms with Crippen LogP contribution in [0.25, 0.3) is 0 Å². The van der Waals surface area contributed by atoms with Gasteiger partial charge in [0.15, 0.2) is 0 Å². The summed E-state index contributed by atoms with van der Waals surface area (Å²) in [6.45, 7) is -0.879. The van der Waals surface area contributed by atoms with Gasteiger partial charge in [-0.2, -0.15) is 0 Å². The molecule has 0 aliphatic heterocycles. The van der Waals surface area contributed by atoms with E-state index in [2.05, 4.69) is 0 Å². The molecular formula is C20H26O5. The monoisotopic (exact) mass is 346 g/mol. The van der Waals surface area contributed by atoms with Gasteiger partial charge >= 0.3 is 0 Å². The molecule has 25 heavy (non-hydrogen) atoms. The molecule has 5 nitrogen and oxygen atoms in total. The van der Waals surface area contributed by atoms with Gasteiger partial charge in [0.1, 0.15) is 12.2 Å². The summed E-state index contributed by atoms with van der Waals surface area (Å²) in [7, 11) is 0. The summed E-state index contributed by atoms with van der Waals surface area (Å²) in [4.78, 5) is 0. The van der Waals surface area contributed by atoms with E-state index in [4.69, 9.17) is 4.74 Å². The molecular weight excluding hydrogens is 320 g/mol. The standard InChI is InChI=1S/C20H26O5/c21-13-17(23)19(11-15-7-3-1-4-8-15)25-20(18(24)14-22)12-16-9-5-2-6-10-16/h1-10,17-24H,11-14H2. The lowest BCUT2D eigenvalue weighted by molar-refractivity contribution is -0.131. The molecule has 0 radical (unpaired) electrons. The minimum atomic E-state index is -1.08. The van der Waals surface area contributed by atoms with Gasteiger partial charge in [-0.15, -0.1) is 0 Å². The number of ether oxygens (including phenoxy) is 1. The number of aliphatic hydroxyl groups excluding tert-OH is 4. The van der Waals surface area contributed by atoms with Gasteiger partial charge in [0.25, 0.3) is 0 Å². The highest BCUT2D eigenvalue weighted by Crippen LogP contribution is 2.17. The van der Waals surface area contributed by atoms with Crippen molar-refractivity contribution in [3.63, 3.8) is 0 Å². The van der Waals surface area contributed by atoms with Gasteiger partial charge in [-0.05, 0) is 11.1 Å². The third-order valence-electron chi connectivity index (χ3n) is 4.14. The molecule has 0 aromatic heterocycles. The normalized spacial score (nSPS) is 16.2. The highest BCUT2D eigenvalue weighted by atomic mass is 16.5. The van der Waals surface area contributed by atoms with E-state index in [9.17, 15) is 20.4 Å². The molecule has 0 saturated carbocycles. The van der Waals surface area contributed by atoms with Gasteiger partial charge in [-0.3, -0.25) is 0 Å². The van der Waals surface area contributed by atoms with Crippen LogP contribution in [0.3, 0.4) is 0 Å². The predicted molar refractivity (Wildman–Crippen MR) is 95.1 cm³/mol. The van der Waals surface area contributed by atoms with Crippen LogP contribution < -0.4 is 0 Å². The summed E-state index contributed by atoms with van der Waals surface area (Å²) < 4.78 is 5.94. The molecule has 4 unspecified atom stereocenters. The molecule has 0 heterocycles. The molecule has 2 rings (SSSR count). The molecule has 0 bridgehead atoms. The first-order valence-corrected chi connectivity index (χ1v) is 8.45. The van der Waals surface area contributed by atoms with E-state index in [1.54, 1.807) is 0 Å². The zero-order valence-corrected chi connectivity index (χ0v) is 14.1. The van der Waals surface area contributed by atoms with Crippen molar-refractivity contribution in [2.75, 3.05) is 13.2 Å². The van der Waals surface area contributed by atoms with E-state index in [1.165, 1.54) is 0 Å². The Balaban J connectivity index is 2.13. The number of hydrogen-bond acceptors (Lipinski definition) is 5. The van der Waals surface area contributed by atoms with E-state index in [0.717, 1.165) is 11.1 Å². The van der Waals surface area contributed by atoms with E-state index in [1.807, 2.05) is 60.7 Å². The van der Waals surface area contributed by atoms with Crippen LogP contribution in [0.1, 0.15) is 11.1 Å². The summed E-state index contributed by atoms with van der Waals surface area (Å²) in [6.07, 6.45) is -2.75. The molecule has 5 heteroatoms.